The van der Waals surface area contributed by atoms with Crippen LogP contribution in [0, 0.1) is 23.2 Å². The molecule has 26 heavy (non-hydrogen) atoms. The molecular formula is C21H38N2O3. The Balaban J connectivity index is 1.47. The topological polar surface area (TPSA) is 61.8 Å². The van der Waals surface area contributed by atoms with E-state index in [1.165, 1.54) is 12.8 Å². The number of hydrogen-bond donors (Lipinski definition) is 2. The first-order valence-electron chi connectivity index (χ1n) is 10.7. The van der Waals surface area contributed by atoms with Crippen LogP contribution in [-0.4, -0.2) is 61.9 Å². The van der Waals surface area contributed by atoms with E-state index >= 15 is 0 Å². The molecule has 3 rings (SSSR count). The fraction of sp³-hybridized carbons (Fsp3) is 0.952. The van der Waals surface area contributed by atoms with Crippen LogP contribution in [0.4, 0.5) is 0 Å². The minimum absolute atomic E-state index is 0.182. The molecule has 0 spiro atoms. The number of methoxy groups -OCH3 is 1. The Morgan fingerprint density at radius 2 is 1.92 bits per heavy atom. The standard InChI is InChI=1S/C21H38N2O3/c1-3-17-12-19(17)22-14-21(15-26-2)8-10-23(11-9-21)20(25)18-6-4-16(13-24)5-7-18/h16-19,22,24H,3-15H2,1-2H3/t16?,17?,18?,19-/m1/s1. The van der Waals surface area contributed by atoms with Crippen LogP contribution in [-0.2, 0) is 9.53 Å². The lowest BCUT2D eigenvalue weighted by Gasteiger charge is -2.43. The Hall–Kier alpha value is -0.650. The number of likely N-dealkylation sites (tertiary alicyclic amines) is 1. The average Bonchev–Trinajstić information content (AvgIpc) is 3.46. The highest BCUT2D eigenvalue weighted by Crippen LogP contribution is 2.37. The van der Waals surface area contributed by atoms with Gasteiger partial charge in [0.25, 0.3) is 0 Å². The second-order valence-electron chi connectivity index (χ2n) is 9.05. The number of nitrogens with one attached hydrogen (secondary N) is 1. The summed E-state index contributed by atoms with van der Waals surface area (Å²) in [6.45, 7) is 6.09. The van der Waals surface area contributed by atoms with Gasteiger partial charge in [-0.2, -0.15) is 0 Å². The highest BCUT2D eigenvalue weighted by atomic mass is 16.5. The minimum Gasteiger partial charge on any atom is -0.396 e. The number of rotatable bonds is 8. The zero-order valence-corrected chi connectivity index (χ0v) is 16.7. The van der Waals surface area contributed by atoms with E-state index < -0.39 is 0 Å². The molecule has 0 aromatic rings. The van der Waals surface area contributed by atoms with Gasteiger partial charge >= 0.3 is 0 Å². The van der Waals surface area contributed by atoms with Crippen LogP contribution in [0.3, 0.4) is 0 Å². The van der Waals surface area contributed by atoms with Gasteiger partial charge in [-0.1, -0.05) is 13.3 Å². The van der Waals surface area contributed by atoms with Crippen LogP contribution in [0.15, 0.2) is 0 Å². The molecule has 0 aromatic carbocycles. The van der Waals surface area contributed by atoms with E-state index in [0.717, 1.165) is 70.7 Å². The fourth-order valence-corrected chi connectivity index (χ4v) is 5.03. The third kappa shape index (κ3) is 4.79. The average molecular weight is 367 g/mol. The molecule has 2 aliphatic carbocycles. The lowest BCUT2D eigenvalue weighted by Crippen LogP contribution is -2.50. The molecule has 3 fully saturated rings. The predicted octanol–water partition coefficient (Wildman–Crippen LogP) is 2.43. The Labute approximate surface area is 158 Å². The molecule has 1 amide bonds. The summed E-state index contributed by atoms with van der Waals surface area (Å²) in [4.78, 5) is 15.0. The van der Waals surface area contributed by atoms with E-state index in [-0.39, 0.29) is 17.9 Å². The number of carbonyl (C=O) groups is 1. The highest BCUT2D eigenvalue weighted by Gasteiger charge is 2.41. The van der Waals surface area contributed by atoms with Crippen LogP contribution in [0.5, 0.6) is 0 Å². The van der Waals surface area contributed by atoms with Crippen LogP contribution >= 0.6 is 0 Å². The molecule has 5 heteroatoms. The molecule has 2 saturated carbocycles. The first kappa shape index (κ1) is 20.1. The van der Waals surface area contributed by atoms with E-state index in [0.29, 0.717) is 17.9 Å². The van der Waals surface area contributed by atoms with Crippen molar-refractivity contribution in [2.24, 2.45) is 23.2 Å². The van der Waals surface area contributed by atoms with Gasteiger partial charge in [0.05, 0.1) is 6.61 Å². The molecular weight excluding hydrogens is 328 g/mol. The lowest BCUT2D eigenvalue weighted by molar-refractivity contribution is -0.140. The highest BCUT2D eigenvalue weighted by molar-refractivity contribution is 5.79. The van der Waals surface area contributed by atoms with Crippen molar-refractivity contribution >= 4 is 5.91 Å². The maximum atomic E-state index is 12.9. The number of amides is 1. The molecule has 5 nitrogen and oxygen atoms in total. The number of hydrogen-bond acceptors (Lipinski definition) is 4. The van der Waals surface area contributed by atoms with E-state index in [2.05, 4.69) is 17.1 Å². The molecule has 0 bridgehead atoms. The number of carbonyl (C=O) groups excluding carboxylic acids is 1. The maximum Gasteiger partial charge on any atom is 0.225 e. The summed E-state index contributed by atoms with van der Waals surface area (Å²) < 4.78 is 5.56. The van der Waals surface area contributed by atoms with Crippen LogP contribution in [0.2, 0.25) is 0 Å². The Bertz CT molecular complexity index is 454. The Morgan fingerprint density at radius 3 is 2.46 bits per heavy atom. The van der Waals surface area contributed by atoms with Crippen molar-refractivity contribution in [3.63, 3.8) is 0 Å². The predicted molar refractivity (Wildman–Crippen MR) is 103 cm³/mol. The summed E-state index contributed by atoms with van der Waals surface area (Å²) in [7, 11) is 1.80. The molecule has 2 atom stereocenters. The number of nitrogens with zero attached hydrogens (tertiary/aromatic N) is 1. The smallest absolute Gasteiger partial charge is 0.225 e. The van der Waals surface area contributed by atoms with Crippen molar-refractivity contribution in [1.82, 2.24) is 10.2 Å². The monoisotopic (exact) mass is 366 g/mol. The second kappa shape index (κ2) is 9.03. The normalized spacial score (nSPS) is 33.9. The molecule has 1 heterocycles. The van der Waals surface area contributed by atoms with Crippen LogP contribution < -0.4 is 5.32 Å². The largest absolute Gasteiger partial charge is 0.396 e. The molecule has 0 aromatic heterocycles. The first-order valence-corrected chi connectivity index (χ1v) is 10.7. The number of aliphatic hydroxyl groups excluding tert-OH is 1. The van der Waals surface area contributed by atoms with E-state index in [1.807, 2.05) is 0 Å². The first-order chi connectivity index (χ1) is 12.6. The zero-order valence-electron chi connectivity index (χ0n) is 16.7. The SMILES string of the molecule is CCC1C[C@H]1NCC1(COC)CCN(C(=O)C2CCC(CO)CC2)CC1. The maximum absolute atomic E-state index is 12.9. The number of piperidine rings is 1. The Morgan fingerprint density at radius 1 is 1.23 bits per heavy atom. The minimum atomic E-state index is 0.182. The molecule has 1 saturated heterocycles. The van der Waals surface area contributed by atoms with Crippen LogP contribution in [0.1, 0.15) is 58.3 Å². The zero-order chi connectivity index (χ0) is 18.6. The molecule has 3 aliphatic rings. The molecule has 2 N–H and O–H groups in total. The quantitative estimate of drug-likeness (QED) is 0.693. The van der Waals surface area contributed by atoms with Crippen molar-refractivity contribution in [2.45, 2.75) is 64.3 Å². The van der Waals surface area contributed by atoms with Crippen molar-refractivity contribution in [2.75, 3.05) is 40.0 Å². The summed E-state index contributed by atoms with van der Waals surface area (Å²) in [5.41, 5.74) is 0.182. The van der Waals surface area contributed by atoms with Crippen molar-refractivity contribution in [3.05, 3.63) is 0 Å². The van der Waals surface area contributed by atoms with Gasteiger partial charge in [-0.15, -0.1) is 0 Å². The van der Waals surface area contributed by atoms with Gasteiger partial charge in [0.15, 0.2) is 0 Å². The van der Waals surface area contributed by atoms with E-state index in [9.17, 15) is 9.90 Å². The summed E-state index contributed by atoms with van der Waals surface area (Å²) in [6.07, 6.45) is 8.56. The Kier molecular flexibility index (Phi) is 6.98. The van der Waals surface area contributed by atoms with Crippen molar-refractivity contribution in [1.29, 1.82) is 0 Å². The van der Waals surface area contributed by atoms with Crippen LogP contribution in [0.25, 0.3) is 0 Å². The van der Waals surface area contributed by atoms with Gasteiger partial charge < -0.3 is 20.1 Å². The van der Waals surface area contributed by atoms with Gasteiger partial charge in [0.2, 0.25) is 5.91 Å². The van der Waals surface area contributed by atoms with Crippen molar-refractivity contribution < 1.29 is 14.6 Å². The molecule has 1 aliphatic heterocycles. The van der Waals surface area contributed by atoms with Gasteiger partial charge in [-0.05, 0) is 56.8 Å². The van der Waals surface area contributed by atoms with E-state index in [4.69, 9.17) is 4.74 Å². The van der Waals surface area contributed by atoms with Gasteiger partial charge in [-0.25, -0.2) is 0 Å². The second-order valence-corrected chi connectivity index (χ2v) is 9.05. The van der Waals surface area contributed by atoms with E-state index in [1.54, 1.807) is 7.11 Å². The summed E-state index contributed by atoms with van der Waals surface area (Å²) in [5.74, 6) is 1.82. The third-order valence-electron chi connectivity index (χ3n) is 7.23. The summed E-state index contributed by atoms with van der Waals surface area (Å²) >= 11 is 0. The number of aliphatic hydroxyl groups is 1. The molecule has 150 valence electrons. The van der Waals surface area contributed by atoms with Gasteiger partial charge in [-0.3, -0.25) is 4.79 Å². The van der Waals surface area contributed by atoms with Crippen molar-refractivity contribution in [3.8, 4) is 0 Å². The fourth-order valence-electron chi connectivity index (χ4n) is 5.03. The summed E-state index contributed by atoms with van der Waals surface area (Å²) in [5, 5.41) is 13.1. The molecule has 0 radical (unpaired) electrons. The lowest BCUT2D eigenvalue weighted by atomic mass is 9.77. The van der Waals surface area contributed by atoms with Gasteiger partial charge in [0, 0.05) is 50.7 Å². The summed E-state index contributed by atoms with van der Waals surface area (Å²) in [6, 6.07) is 0.704. The third-order valence-corrected chi connectivity index (χ3v) is 7.23. The molecule has 1 unspecified atom stereocenters. The number of ether oxygens (including phenoxy) is 1. The van der Waals surface area contributed by atoms with Gasteiger partial charge in [0.1, 0.15) is 0 Å².